The van der Waals surface area contributed by atoms with Crippen LogP contribution in [0.1, 0.15) is 33.1 Å². The molecule has 0 unspecified atom stereocenters. The highest BCUT2D eigenvalue weighted by atomic mass is 16.2. The molecule has 0 aromatic carbocycles. The number of hydrogen-bond donors (Lipinski definition) is 4. The number of unbranched alkanes of at least 4 members (excludes halogenated alkanes) is 1. The average molecular weight is 272 g/mol. The van der Waals surface area contributed by atoms with Crippen molar-refractivity contribution in [2.24, 2.45) is 17.4 Å². The summed E-state index contributed by atoms with van der Waals surface area (Å²) >= 11 is 0. The van der Waals surface area contributed by atoms with E-state index in [1.54, 1.807) is 0 Å². The van der Waals surface area contributed by atoms with Crippen molar-refractivity contribution in [1.29, 1.82) is 0 Å². The molecule has 0 aliphatic carbocycles. The lowest BCUT2D eigenvalue weighted by Gasteiger charge is -2.15. The zero-order valence-corrected chi connectivity index (χ0v) is 11.6. The highest BCUT2D eigenvalue weighted by molar-refractivity contribution is 5.87. The minimum Gasteiger partial charge on any atom is -0.370 e. The Labute approximate surface area is 113 Å². The number of nitrogens with two attached hydrogens (primary N) is 2. The third-order valence-electron chi connectivity index (χ3n) is 2.62. The number of hydrogen-bond acceptors (Lipinski definition) is 4. The average Bonchev–Trinajstić information content (AvgIpc) is 2.33. The van der Waals surface area contributed by atoms with Gasteiger partial charge < -0.3 is 22.1 Å². The maximum Gasteiger partial charge on any atom is 0.239 e. The molecule has 3 amide bonds. The molecule has 0 rings (SSSR count). The van der Waals surface area contributed by atoms with Crippen LogP contribution in [0.2, 0.25) is 0 Å². The van der Waals surface area contributed by atoms with Crippen LogP contribution < -0.4 is 22.1 Å². The van der Waals surface area contributed by atoms with E-state index in [1.165, 1.54) is 0 Å². The van der Waals surface area contributed by atoms with Crippen LogP contribution in [-0.4, -0.2) is 36.9 Å². The smallest absolute Gasteiger partial charge is 0.239 e. The van der Waals surface area contributed by atoms with Crippen LogP contribution in [0.25, 0.3) is 0 Å². The molecular formula is C12H24N4O3. The SMILES string of the molecule is CC(C)[C@H](N)C(=O)NCC(=O)NCCCCC(N)=O. The van der Waals surface area contributed by atoms with Crippen LogP contribution in [0.3, 0.4) is 0 Å². The van der Waals surface area contributed by atoms with Crippen molar-refractivity contribution < 1.29 is 14.4 Å². The van der Waals surface area contributed by atoms with E-state index in [0.29, 0.717) is 25.8 Å². The summed E-state index contributed by atoms with van der Waals surface area (Å²) in [6, 6.07) is -0.608. The molecule has 1 atom stereocenters. The summed E-state index contributed by atoms with van der Waals surface area (Å²) < 4.78 is 0. The van der Waals surface area contributed by atoms with Crippen molar-refractivity contribution in [2.45, 2.75) is 39.2 Å². The normalized spacial score (nSPS) is 12.0. The number of primary amides is 1. The molecule has 0 fully saturated rings. The minimum atomic E-state index is -0.608. The van der Waals surface area contributed by atoms with Crippen molar-refractivity contribution in [1.82, 2.24) is 10.6 Å². The van der Waals surface area contributed by atoms with Crippen LogP contribution in [-0.2, 0) is 14.4 Å². The second-order valence-electron chi connectivity index (χ2n) is 4.76. The summed E-state index contributed by atoms with van der Waals surface area (Å²) in [5.74, 6) is -0.930. The third kappa shape index (κ3) is 9.01. The molecule has 0 aromatic heterocycles. The van der Waals surface area contributed by atoms with E-state index in [-0.39, 0.29) is 30.2 Å². The van der Waals surface area contributed by atoms with E-state index in [1.807, 2.05) is 13.8 Å². The van der Waals surface area contributed by atoms with E-state index >= 15 is 0 Å². The maximum atomic E-state index is 11.5. The summed E-state index contributed by atoms with van der Waals surface area (Å²) in [5, 5.41) is 5.11. The van der Waals surface area contributed by atoms with E-state index < -0.39 is 6.04 Å². The number of carbonyl (C=O) groups is 3. The van der Waals surface area contributed by atoms with Gasteiger partial charge in [0.2, 0.25) is 17.7 Å². The first-order chi connectivity index (χ1) is 8.84. The van der Waals surface area contributed by atoms with Gasteiger partial charge in [-0.1, -0.05) is 13.8 Å². The van der Waals surface area contributed by atoms with Crippen LogP contribution in [0.5, 0.6) is 0 Å². The van der Waals surface area contributed by atoms with E-state index in [2.05, 4.69) is 10.6 Å². The van der Waals surface area contributed by atoms with Crippen molar-refractivity contribution in [2.75, 3.05) is 13.1 Å². The van der Waals surface area contributed by atoms with E-state index in [4.69, 9.17) is 11.5 Å². The van der Waals surface area contributed by atoms with Crippen molar-refractivity contribution >= 4 is 17.7 Å². The summed E-state index contributed by atoms with van der Waals surface area (Å²) in [7, 11) is 0. The Balaban J connectivity index is 3.65. The summed E-state index contributed by atoms with van der Waals surface area (Å²) in [5.41, 5.74) is 10.6. The third-order valence-corrected chi connectivity index (χ3v) is 2.62. The van der Waals surface area contributed by atoms with Crippen molar-refractivity contribution in [3.8, 4) is 0 Å². The number of nitrogens with one attached hydrogen (secondary N) is 2. The van der Waals surface area contributed by atoms with Crippen LogP contribution in [0.4, 0.5) is 0 Å². The molecule has 0 spiro atoms. The molecule has 0 radical (unpaired) electrons. The Kier molecular flexibility index (Phi) is 8.52. The lowest BCUT2D eigenvalue weighted by Crippen LogP contribution is -2.47. The van der Waals surface area contributed by atoms with Gasteiger partial charge in [0.1, 0.15) is 0 Å². The van der Waals surface area contributed by atoms with Gasteiger partial charge in [0.15, 0.2) is 0 Å². The largest absolute Gasteiger partial charge is 0.370 e. The molecule has 7 heteroatoms. The molecule has 0 aromatic rings. The Morgan fingerprint density at radius 3 is 2.26 bits per heavy atom. The molecule has 0 saturated carbocycles. The summed E-state index contributed by atoms with van der Waals surface area (Å²) in [6.45, 7) is 4.04. The van der Waals surface area contributed by atoms with E-state index in [9.17, 15) is 14.4 Å². The van der Waals surface area contributed by atoms with Gasteiger partial charge in [-0.25, -0.2) is 0 Å². The zero-order chi connectivity index (χ0) is 14.8. The molecular weight excluding hydrogens is 248 g/mol. The molecule has 6 N–H and O–H groups in total. The molecule has 19 heavy (non-hydrogen) atoms. The standard InChI is InChI=1S/C12H24N4O3/c1-8(2)11(14)12(19)16-7-10(18)15-6-4-3-5-9(13)17/h8,11H,3-7,14H2,1-2H3,(H2,13,17)(H,15,18)(H,16,19)/t11-/m0/s1. The van der Waals surface area contributed by atoms with Gasteiger partial charge >= 0.3 is 0 Å². The second-order valence-corrected chi connectivity index (χ2v) is 4.76. The Morgan fingerprint density at radius 1 is 1.11 bits per heavy atom. The monoisotopic (exact) mass is 272 g/mol. The number of rotatable bonds is 9. The fourth-order valence-corrected chi connectivity index (χ4v) is 1.30. The van der Waals surface area contributed by atoms with Gasteiger partial charge in [-0.2, -0.15) is 0 Å². The molecule has 0 heterocycles. The summed E-state index contributed by atoms with van der Waals surface area (Å²) in [6.07, 6.45) is 1.63. The zero-order valence-electron chi connectivity index (χ0n) is 11.6. The van der Waals surface area contributed by atoms with Crippen molar-refractivity contribution in [3.63, 3.8) is 0 Å². The second kappa shape index (κ2) is 9.32. The molecule has 110 valence electrons. The van der Waals surface area contributed by atoms with Gasteiger partial charge in [-0.3, -0.25) is 14.4 Å². The fourth-order valence-electron chi connectivity index (χ4n) is 1.30. The van der Waals surface area contributed by atoms with Gasteiger partial charge in [0.25, 0.3) is 0 Å². The first kappa shape index (κ1) is 17.4. The Hall–Kier alpha value is -1.63. The number of amides is 3. The van der Waals surface area contributed by atoms with Gasteiger partial charge in [0.05, 0.1) is 12.6 Å². The van der Waals surface area contributed by atoms with Crippen LogP contribution in [0.15, 0.2) is 0 Å². The lowest BCUT2D eigenvalue weighted by atomic mass is 10.1. The first-order valence-electron chi connectivity index (χ1n) is 6.43. The van der Waals surface area contributed by atoms with Crippen LogP contribution >= 0.6 is 0 Å². The van der Waals surface area contributed by atoms with E-state index in [0.717, 1.165) is 0 Å². The molecule has 0 bridgehead atoms. The Bertz CT molecular complexity index is 318. The predicted octanol–water partition coefficient (Wildman–Crippen LogP) is -1.14. The predicted molar refractivity (Wildman–Crippen MR) is 71.9 cm³/mol. The topological polar surface area (TPSA) is 127 Å². The molecule has 7 nitrogen and oxygen atoms in total. The van der Waals surface area contributed by atoms with Crippen molar-refractivity contribution in [3.05, 3.63) is 0 Å². The van der Waals surface area contributed by atoms with Gasteiger partial charge in [-0.05, 0) is 18.8 Å². The van der Waals surface area contributed by atoms with Gasteiger partial charge in [-0.15, -0.1) is 0 Å². The highest BCUT2D eigenvalue weighted by Gasteiger charge is 2.17. The van der Waals surface area contributed by atoms with Crippen LogP contribution in [0, 0.1) is 5.92 Å². The maximum absolute atomic E-state index is 11.5. The first-order valence-corrected chi connectivity index (χ1v) is 6.43. The Morgan fingerprint density at radius 2 is 1.74 bits per heavy atom. The quantitative estimate of drug-likeness (QED) is 0.395. The van der Waals surface area contributed by atoms with Gasteiger partial charge in [0, 0.05) is 13.0 Å². The summed E-state index contributed by atoms with van der Waals surface area (Å²) in [4.78, 5) is 33.3. The highest BCUT2D eigenvalue weighted by Crippen LogP contribution is 1.97. The number of carbonyl (C=O) groups excluding carboxylic acids is 3. The molecule has 0 saturated heterocycles. The minimum absolute atomic E-state index is 0.0249. The lowest BCUT2D eigenvalue weighted by molar-refractivity contribution is -0.127. The fraction of sp³-hybridized carbons (Fsp3) is 0.750. The molecule has 0 aliphatic heterocycles. The molecule has 0 aliphatic rings.